The lowest BCUT2D eigenvalue weighted by Gasteiger charge is -2.02. The van der Waals surface area contributed by atoms with Crippen LogP contribution in [0.2, 0.25) is 0 Å². The lowest BCUT2D eigenvalue weighted by Crippen LogP contribution is -2.31. The molecule has 0 saturated heterocycles. The SMILES string of the molecule is CC.N/N=C(\NN)c1ccc(O)cc1. The number of nitrogens with two attached hydrogens (primary N) is 2. The fourth-order valence-corrected chi connectivity index (χ4v) is 0.814. The summed E-state index contributed by atoms with van der Waals surface area (Å²) < 4.78 is 0. The molecule has 5 nitrogen and oxygen atoms in total. The van der Waals surface area contributed by atoms with Gasteiger partial charge in [0.05, 0.1) is 0 Å². The average Bonchev–Trinajstić information content (AvgIpc) is 2.25. The number of hydrogen-bond acceptors (Lipinski definition) is 4. The van der Waals surface area contributed by atoms with E-state index in [4.69, 9.17) is 16.8 Å². The summed E-state index contributed by atoms with van der Waals surface area (Å²) in [7, 11) is 0. The van der Waals surface area contributed by atoms with Gasteiger partial charge in [0.1, 0.15) is 5.75 Å². The van der Waals surface area contributed by atoms with Crippen molar-refractivity contribution in [1.29, 1.82) is 0 Å². The fourth-order valence-electron chi connectivity index (χ4n) is 0.814. The number of hydrazine groups is 1. The Labute approximate surface area is 83.4 Å². The van der Waals surface area contributed by atoms with Crippen LogP contribution in [-0.4, -0.2) is 10.9 Å². The highest BCUT2D eigenvalue weighted by Crippen LogP contribution is 2.09. The number of benzene rings is 1. The second-order valence-corrected chi connectivity index (χ2v) is 2.17. The molecule has 0 atom stereocenters. The summed E-state index contributed by atoms with van der Waals surface area (Å²) in [5.74, 6) is 10.7. The molecular weight excluding hydrogens is 180 g/mol. The third-order valence-corrected chi connectivity index (χ3v) is 1.41. The van der Waals surface area contributed by atoms with Crippen LogP contribution in [0.5, 0.6) is 5.75 Å². The molecule has 0 unspecified atom stereocenters. The van der Waals surface area contributed by atoms with E-state index in [1.165, 1.54) is 12.1 Å². The molecule has 0 heterocycles. The average molecular weight is 196 g/mol. The standard InChI is InChI=1S/C7H10N4O.C2H6/c8-10-7(11-9)5-1-3-6(12)4-2-5;1-2/h1-4,12H,8-9H2,(H,10,11);1-2H3. The van der Waals surface area contributed by atoms with E-state index in [0.29, 0.717) is 5.84 Å². The smallest absolute Gasteiger partial charge is 0.166 e. The number of rotatable bonds is 1. The Morgan fingerprint density at radius 2 is 1.79 bits per heavy atom. The summed E-state index contributed by atoms with van der Waals surface area (Å²) in [5.41, 5.74) is 3.05. The predicted octanol–water partition coefficient (Wildman–Crippen LogP) is 0.502. The fraction of sp³-hybridized carbons (Fsp3) is 0.222. The van der Waals surface area contributed by atoms with Crippen molar-refractivity contribution in [3.8, 4) is 5.75 Å². The first-order valence-electron chi connectivity index (χ1n) is 4.32. The van der Waals surface area contributed by atoms with Crippen molar-refractivity contribution in [2.45, 2.75) is 13.8 Å². The van der Waals surface area contributed by atoms with Crippen LogP contribution in [-0.2, 0) is 0 Å². The Bertz CT molecular complexity index is 281. The highest BCUT2D eigenvalue weighted by atomic mass is 16.3. The quantitative estimate of drug-likeness (QED) is 0.227. The van der Waals surface area contributed by atoms with Crippen LogP contribution >= 0.6 is 0 Å². The van der Waals surface area contributed by atoms with E-state index < -0.39 is 0 Å². The minimum atomic E-state index is 0.187. The Kier molecular flexibility index (Phi) is 5.89. The first kappa shape index (κ1) is 12.2. The van der Waals surface area contributed by atoms with Crippen molar-refractivity contribution >= 4 is 5.84 Å². The van der Waals surface area contributed by atoms with Crippen molar-refractivity contribution in [1.82, 2.24) is 5.43 Å². The van der Waals surface area contributed by atoms with Gasteiger partial charge in [-0.25, -0.2) is 5.84 Å². The van der Waals surface area contributed by atoms with Crippen molar-refractivity contribution in [2.24, 2.45) is 16.8 Å². The molecular formula is C9H16N4O. The molecule has 0 amide bonds. The van der Waals surface area contributed by atoms with Crippen molar-refractivity contribution in [3.05, 3.63) is 29.8 Å². The number of phenolic OH excluding ortho intramolecular Hbond substituents is 1. The maximum absolute atomic E-state index is 8.96. The van der Waals surface area contributed by atoms with E-state index >= 15 is 0 Å². The van der Waals surface area contributed by atoms with E-state index in [1.807, 2.05) is 13.8 Å². The van der Waals surface area contributed by atoms with E-state index in [2.05, 4.69) is 10.5 Å². The molecule has 5 heteroatoms. The normalized spacial score (nSPS) is 10.1. The molecule has 78 valence electrons. The molecule has 0 bridgehead atoms. The second kappa shape index (κ2) is 6.73. The van der Waals surface area contributed by atoms with Crippen molar-refractivity contribution in [2.75, 3.05) is 0 Å². The topological polar surface area (TPSA) is 96.7 Å². The first-order valence-corrected chi connectivity index (χ1v) is 4.32. The van der Waals surface area contributed by atoms with E-state index in [1.54, 1.807) is 12.1 Å². The molecule has 14 heavy (non-hydrogen) atoms. The third kappa shape index (κ3) is 3.32. The molecule has 1 rings (SSSR count). The molecule has 0 aromatic heterocycles. The second-order valence-electron chi connectivity index (χ2n) is 2.17. The summed E-state index contributed by atoms with van der Waals surface area (Å²) in [6.07, 6.45) is 0. The van der Waals surface area contributed by atoms with Crippen LogP contribution in [0.1, 0.15) is 19.4 Å². The van der Waals surface area contributed by atoms with Gasteiger partial charge in [-0.2, -0.15) is 5.10 Å². The zero-order valence-electron chi connectivity index (χ0n) is 8.36. The van der Waals surface area contributed by atoms with Gasteiger partial charge >= 0.3 is 0 Å². The van der Waals surface area contributed by atoms with E-state index in [9.17, 15) is 0 Å². The van der Waals surface area contributed by atoms with Gasteiger partial charge in [0.25, 0.3) is 0 Å². The Morgan fingerprint density at radius 1 is 1.29 bits per heavy atom. The Balaban J connectivity index is 0.000000791. The molecule has 1 aromatic carbocycles. The summed E-state index contributed by atoms with van der Waals surface area (Å²) in [4.78, 5) is 0. The summed E-state index contributed by atoms with van der Waals surface area (Å²) in [6.45, 7) is 4.00. The molecule has 0 saturated carbocycles. The molecule has 6 N–H and O–H groups in total. The van der Waals surface area contributed by atoms with Gasteiger partial charge in [-0.3, -0.25) is 0 Å². The van der Waals surface area contributed by atoms with Gasteiger partial charge in [-0.15, -0.1) is 0 Å². The maximum atomic E-state index is 8.96. The number of amidine groups is 1. The lowest BCUT2D eigenvalue weighted by molar-refractivity contribution is 0.475. The molecule has 0 aliphatic carbocycles. The highest BCUT2D eigenvalue weighted by molar-refractivity contribution is 5.98. The van der Waals surface area contributed by atoms with Gasteiger partial charge in [0.2, 0.25) is 0 Å². The largest absolute Gasteiger partial charge is 0.508 e. The monoisotopic (exact) mass is 196 g/mol. The van der Waals surface area contributed by atoms with Gasteiger partial charge < -0.3 is 16.4 Å². The Morgan fingerprint density at radius 3 is 2.14 bits per heavy atom. The highest BCUT2D eigenvalue weighted by Gasteiger charge is 1.99. The molecule has 0 spiro atoms. The molecule has 0 aliphatic heterocycles. The van der Waals surface area contributed by atoms with E-state index in [0.717, 1.165) is 5.56 Å². The van der Waals surface area contributed by atoms with Crippen LogP contribution < -0.4 is 17.1 Å². The number of phenols is 1. The lowest BCUT2D eigenvalue weighted by atomic mass is 10.2. The maximum Gasteiger partial charge on any atom is 0.166 e. The van der Waals surface area contributed by atoms with Crippen LogP contribution in [0.4, 0.5) is 0 Å². The van der Waals surface area contributed by atoms with Crippen molar-refractivity contribution in [3.63, 3.8) is 0 Å². The third-order valence-electron chi connectivity index (χ3n) is 1.41. The van der Waals surface area contributed by atoms with Crippen LogP contribution in [0, 0.1) is 0 Å². The van der Waals surface area contributed by atoms with Gasteiger partial charge in [0, 0.05) is 5.56 Å². The molecule has 0 fully saturated rings. The first-order chi connectivity index (χ1) is 6.77. The predicted molar refractivity (Wildman–Crippen MR) is 57.5 cm³/mol. The zero-order valence-corrected chi connectivity index (χ0v) is 8.36. The van der Waals surface area contributed by atoms with Crippen LogP contribution in [0.15, 0.2) is 29.4 Å². The summed E-state index contributed by atoms with van der Waals surface area (Å²) in [6, 6.07) is 6.36. The number of hydrogen-bond donors (Lipinski definition) is 4. The number of nitrogens with zero attached hydrogens (tertiary/aromatic N) is 1. The van der Waals surface area contributed by atoms with Crippen LogP contribution in [0.3, 0.4) is 0 Å². The minimum absolute atomic E-state index is 0.187. The van der Waals surface area contributed by atoms with Crippen LogP contribution in [0.25, 0.3) is 0 Å². The number of nitrogens with one attached hydrogen (secondary N) is 1. The summed E-state index contributed by atoms with van der Waals surface area (Å²) in [5, 5.41) is 12.4. The summed E-state index contributed by atoms with van der Waals surface area (Å²) >= 11 is 0. The zero-order chi connectivity index (χ0) is 11.0. The van der Waals surface area contributed by atoms with Gasteiger partial charge in [-0.1, -0.05) is 13.8 Å². The molecule has 0 radical (unpaired) electrons. The van der Waals surface area contributed by atoms with Gasteiger partial charge in [0.15, 0.2) is 5.84 Å². The number of hydrazone groups is 1. The molecule has 1 aromatic rings. The van der Waals surface area contributed by atoms with Gasteiger partial charge in [-0.05, 0) is 24.3 Å². The van der Waals surface area contributed by atoms with Crippen molar-refractivity contribution < 1.29 is 5.11 Å². The molecule has 0 aliphatic rings. The van der Waals surface area contributed by atoms with E-state index in [-0.39, 0.29) is 5.75 Å². The number of aromatic hydroxyl groups is 1. The Hall–Kier alpha value is -1.75. The minimum Gasteiger partial charge on any atom is -0.508 e.